The van der Waals surface area contributed by atoms with E-state index in [2.05, 4.69) is 5.32 Å². The fourth-order valence-electron chi connectivity index (χ4n) is 4.22. The summed E-state index contributed by atoms with van der Waals surface area (Å²) in [5.74, 6) is -2.41. The van der Waals surface area contributed by atoms with Crippen molar-refractivity contribution in [3.63, 3.8) is 0 Å². The molecule has 6 heteroatoms. The second-order valence-electron chi connectivity index (χ2n) is 7.19. The fourth-order valence-corrected chi connectivity index (χ4v) is 4.22. The molecule has 6 nitrogen and oxygen atoms in total. The molecule has 2 amide bonds. The Balaban J connectivity index is 1.59. The van der Waals surface area contributed by atoms with E-state index in [1.165, 1.54) is 11.6 Å². The van der Waals surface area contributed by atoms with E-state index in [1.54, 1.807) is 6.92 Å². The lowest BCUT2D eigenvalue weighted by molar-refractivity contribution is -0.212. The molecule has 25 heavy (non-hydrogen) atoms. The highest BCUT2D eigenvalue weighted by Crippen LogP contribution is 2.58. The Morgan fingerprint density at radius 2 is 1.88 bits per heavy atom. The molecule has 2 aliphatic heterocycles. The molecule has 1 aromatic carbocycles. The smallest absolute Gasteiger partial charge is 0.334 e. The van der Waals surface area contributed by atoms with Crippen LogP contribution in [0.1, 0.15) is 23.6 Å². The van der Waals surface area contributed by atoms with Crippen LogP contribution in [0, 0.1) is 31.6 Å². The van der Waals surface area contributed by atoms with Crippen LogP contribution in [0.2, 0.25) is 0 Å². The summed E-state index contributed by atoms with van der Waals surface area (Å²) in [5, 5.41) is 2.33. The van der Waals surface area contributed by atoms with Crippen LogP contribution in [-0.4, -0.2) is 23.4 Å². The molecule has 0 spiro atoms. The number of hydrogen-bond acceptors (Lipinski definition) is 5. The molecule has 4 atom stereocenters. The van der Waals surface area contributed by atoms with Crippen molar-refractivity contribution in [2.24, 2.45) is 17.8 Å². The molecule has 0 radical (unpaired) electrons. The highest BCUT2D eigenvalue weighted by Gasteiger charge is 2.73. The molecule has 3 aliphatic rings. The lowest BCUT2D eigenvalue weighted by Gasteiger charge is -2.54. The van der Waals surface area contributed by atoms with Crippen LogP contribution in [-0.2, 0) is 30.5 Å². The van der Waals surface area contributed by atoms with E-state index in [1.807, 2.05) is 32.0 Å². The SMILES string of the molecule is Cc1ccc(COC2=CC(=O)O[C@]3(C)[C@H]2[C@@H]2C(=O)NC(=O)[C@@H]23)cc1C. The van der Waals surface area contributed by atoms with Gasteiger partial charge in [0.05, 0.1) is 23.8 Å². The van der Waals surface area contributed by atoms with Gasteiger partial charge in [0.1, 0.15) is 18.0 Å². The molecule has 1 aromatic rings. The van der Waals surface area contributed by atoms with Crippen molar-refractivity contribution in [1.82, 2.24) is 5.32 Å². The number of aryl methyl sites for hydroxylation is 2. The first kappa shape index (κ1) is 15.9. The first-order chi connectivity index (χ1) is 11.8. The van der Waals surface area contributed by atoms with Crippen molar-refractivity contribution in [3.8, 4) is 0 Å². The van der Waals surface area contributed by atoms with Gasteiger partial charge in [-0.2, -0.15) is 0 Å². The van der Waals surface area contributed by atoms with E-state index in [0.29, 0.717) is 12.4 Å². The van der Waals surface area contributed by atoms with Gasteiger partial charge in [0.15, 0.2) is 0 Å². The van der Waals surface area contributed by atoms with Crippen molar-refractivity contribution in [2.45, 2.75) is 33.0 Å². The van der Waals surface area contributed by atoms with Gasteiger partial charge in [0.25, 0.3) is 0 Å². The third-order valence-corrected chi connectivity index (χ3v) is 5.65. The molecule has 0 bridgehead atoms. The molecule has 1 saturated heterocycles. The monoisotopic (exact) mass is 341 g/mol. The highest BCUT2D eigenvalue weighted by atomic mass is 16.6. The standard InChI is InChI=1S/C19H19NO5/c1-9-4-5-11(6-10(9)2)8-24-12-7-13(21)25-19(3)15(12)14-16(19)18(23)20-17(14)22/h4-7,14-16H,8H2,1-3H3,(H,20,22,23)/t14-,15+,16+,19+/m0/s1. The third kappa shape index (κ3) is 2.20. The van der Waals surface area contributed by atoms with Gasteiger partial charge >= 0.3 is 5.97 Å². The Bertz CT molecular complexity index is 842. The number of amides is 2. The van der Waals surface area contributed by atoms with Crippen molar-refractivity contribution >= 4 is 17.8 Å². The predicted octanol–water partition coefficient (Wildman–Crippen LogP) is 1.54. The largest absolute Gasteiger partial charge is 0.492 e. The number of ether oxygens (including phenoxy) is 2. The number of imide groups is 1. The van der Waals surface area contributed by atoms with Crippen LogP contribution in [0.15, 0.2) is 30.0 Å². The quantitative estimate of drug-likeness (QED) is 0.666. The fraction of sp³-hybridized carbons (Fsp3) is 0.421. The number of benzene rings is 1. The van der Waals surface area contributed by atoms with E-state index >= 15 is 0 Å². The van der Waals surface area contributed by atoms with Gasteiger partial charge in [0.2, 0.25) is 11.8 Å². The molecular weight excluding hydrogens is 322 g/mol. The highest BCUT2D eigenvalue weighted by molar-refractivity contribution is 6.08. The maximum atomic E-state index is 12.1. The van der Waals surface area contributed by atoms with Crippen LogP contribution < -0.4 is 5.32 Å². The van der Waals surface area contributed by atoms with Gasteiger partial charge in [-0.15, -0.1) is 0 Å². The minimum absolute atomic E-state index is 0.291. The number of esters is 1. The molecule has 2 heterocycles. The predicted molar refractivity (Wildman–Crippen MR) is 86.9 cm³/mol. The Morgan fingerprint density at radius 1 is 1.12 bits per heavy atom. The molecule has 130 valence electrons. The van der Waals surface area contributed by atoms with Crippen LogP contribution in [0.3, 0.4) is 0 Å². The van der Waals surface area contributed by atoms with Gasteiger partial charge < -0.3 is 9.47 Å². The number of carbonyl (C=O) groups excluding carboxylic acids is 3. The normalized spacial score (nSPS) is 32.8. The number of rotatable bonds is 3. The number of hydrogen-bond donors (Lipinski definition) is 1. The zero-order valence-corrected chi connectivity index (χ0v) is 14.3. The maximum Gasteiger partial charge on any atom is 0.334 e. The molecule has 4 rings (SSSR count). The third-order valence-electron chi connectivity index (χ3n) is 5.65. The van der Waals surface area contributed by atoms with E-state index in [-0.39, 0.29) is 11.8 Å². The minimum atomic E-state index is -1.02. The molecule has 1 aliphatic carbocycles. The Labute approximate surface area is 145 Å². The van der Waals surface area contributed by atoms with Gasteiger partial charge in [-0.25, -0.2) is 4.79 Å². The Kier molecular flexibility index (Phi) is 3.29. The second-order valence-corrected chi connectivity index (χ2v) is 7.19. The second kappa shape index (κ2) is 5.18. The van der Waals surface area contributed by atoms with E-state index < -0.39 is 29.3 Å². The van der Waals surface area contributed by atoms with Crippen molar-refractivity contribution in [3.05, 3.63) is 46.7 Å². The molecular formula is C19H19NO5. The van der Waals surface area contributed by atoms with Gasteiger partial charge in [0, 0.05) is 0 Å². The summed E-state index contributed by atoms with van der Waals surface area (Å²) in [6, 6.07) is 6.02. The topological polar surface area (TPSA) is 81.7 Å². The van der Waals surface area contributed by atoms with Gasteiger partial charge in [-0.05, 0) is 37.5 Å². The molecule has 0 unspecified atom stereocenters. The summed E-state index contributed by atoms with van der Waals surface area (Å²) < 4.78 is 11.3. The van der Waals surface area contributed by atoms with Crippen LogP contribution in [0.25, 0.3) is 0 Å². The van der Waals surface area contributed by atoms with E-state index in [9.17, 15) is 14.4 Å². The maximum absolute atomic E-state index is 12.1. The lowest BCUT2D eigenvalue weighted by atomic mass is 9.53. The summed E-state index contributed by atoms with van der Waals surface area (Å²) >= 11 is 0. The van der Waals surface area contributed by atoms with E-state index in [0.717, 1.165) is 11.1 Å². The molecule has 1 N–H and O–H groups in total. The number of nitrogens with one attached hydrogen (secondary N) is 1. The van der Waals surface area contributed by atoms with Gasteiger partial charge in [-0.3, -0.25) is 14.9 Å². The lowest BCUT2D eigenvalue weighted by Crippen LogP contribution is -2.66. The van der Waals surface area contributed by atoms with Crippen LogP contribution in [0.5, 0.6) is 0 Å². The zero-order valence-electron chi connectivity index (χ0n) is 14.3. The van der Waals surface area contributed by atoms with Crippen LogP contribution in [0.4, 0.5) is 0 Å². The van der Waals surface area contributed by atoms with Crippen LogP contribution >= 0.6 is 0 Å². The van der Waals surface area contributed by atoms with Crippen molar-refractivity contribution < 1.29 is 23.9 Å². The summed E-state index contributed by atoms with van der Waals surface area (Å²) in [4.78, 5) is 36.0. The summed E-state index contributed by atoms with van der Waals surface area (Å²) in [7, 11) is 0. The number of carbonyl (C=O) groups is 3. The average Bonchev–Trinajstić information content (AvgIpc) is 2.78. The summed E-state index contributed by atoms with van der Waals surface area (Å²) in [6.45, 7) is 6.05. The molecule has 2 fully saturated rings. The Morgan fingerprint density at radius 3 is 2.60 bits per heavy atom. The van der Waals surface area contributed by atoms with Crippen molar-refractivity contribution in [1.29, 1.82) is 0 Å². The average molecular weight is 341 g/mol. The first-order valence-electron chi connectivity index (χ1n) is 8.29. The van der Waals surface area contributed by atoms with E-state index in [4.69, 9.17) is 9.47 Å². The number of fused-ring (bicyclic) bond motifs is 4. The summed E-state index contributed by atoms with van der Waals surface area (Å²) in [6.07, 6.45) is 1.29. The van der Waals surface area contributed by atoms with Gasteiger partial charge in [-0.1, -0.05) is 18.2 Å². The van der Waals surface area contributed by atoms with Crippen molar-refractivity contribution in [2.75, 3.05) is 0 Å². The Hall–Kier alpha value is -2.63. The minimum Gasteiger partial charge on any atom is -0.492 e. The first-order valence-corrected chi connectivity index (χ1v) is 8.29. The summed E-state index contributed by atoms with van der Waals surface area (Å²) in [5.41, 5.74) is 2.31. The molecule has 0 aromatic heterocycles. The molecule has 1 saturated carbocycles. The zero-order chi connectivity index (χ0) is 17.9.